The van der Waals surface area contributed by atoms with Gasteiger partial charge in [-0.3, -0.25) is 9.69 Å². The van der Waals surface area contributed by atoms with Crippen LogP contribution >= 0.6 is 0 Å². The number of hydrogen-bond acceptors (Lipinski definition) is 3. The molecule has 2 aromatic rings. The predicted molar refractivity (Wildman–Crippen MR) is 103 cm³/mol. The van der Waals surface area contributed by atoms with Gasteiger partial charge in [-0.1, -0.05) is 30.7 Å². The maximum Gasteiger partial charge on any atom is 0.236 e. The number of para-hydroxylation sites is 1. The van der Waals surface area contributed by atoms with Crippen LogP contribution in [0.3, 0.4) is 0 Å². The van der Waals surface area contributed by atoms with Crippen LogP contribution in [0.1, 0.15) is 26.3 Å². The van der Waals surface area contributed by atoms with E-state index >= 15 is 0 Å². The maximum absolute atomic E-state index is 12.6. The third-order valence-corrected chi connectivity index (χ3v) is 3.37. The minimum Gasteiger partial charge on any atom is -0.508 e. The molecule has 2 N–H and O–H groups in total. The fourth-order valence-corrected chi connectivity index (χ4v) is 2.06. The highest BCUT2D eigenvalue weighted by atomic mass is 16.3. The number of phenols is 1. The number of benzene rings is 2. The van der Waals surface area contributed by atoms with E-state index in [2.05, 4.69) is 6.58 Å². The second kappa shape index (κ2) is 9.64. The van der Waals surface area contributed by atoms with Crippen molar-refractivity contribution in [3.63, 3.8) is 0 Å². The smallest absolute Gasteiger partial charge is 0.236 e. The number of allylic oxidation sites excluding steroid dienone is 1. The Morgan fingerprint density at radius 3 is 2.16 bits per heavy atom. The Hall–Kier alpha value is -2.59. The molecule has 2 aromatic carbocycles. The van der Waals surface area contributed by atoms with Crippen molar-refractivity contribution in [2.45, 2.75) is 27.7 Å². The molecule has 0 aliphatic carbocycles. The number of aromatic hydroxyl groups is 1. The van der Waals surface area contributed by atoms with Crippen molar-refractivity contribution in [2.24, 2.45) is 5.92 Å². The number of nitrogens with zero attached hydrogens (tertiary/aromatic N) is 1. The number of amides is 1. The number of rotatable bonds is 4. The standard InChI is InChI=1S/C17H19NO3.C4H8/c1-12-10-15(8-9-16(12)20)18(17(21)13(2)11-19)14-6-4-3-5-7-14;1-4(2)3/h3-10,13,19-20H,11H2,1-2H3;1H2,2-3H3. The van der Waals surface area contributed by atoms with Gasteiger partial charge in [0.1, 0.15) is 5.75 Å². The third kappa shape index (κ3) is 6.08. The Morgan fingerprint density at radius 2 is 1.68 bits per heavy atom. The van der Waals surface area contributed by atoms with Gasteiger partial charge in [-0.15, -0.1) is 6.58 Å². The molecule has 0 aliphatic rings. The number of aliphatic hydroxyl groups is 1. The van der Waals surface area contributed by atoms with Crippen molar-refractivity contribution < 1.29 is 15.0 Å². The summed E-state index contributed by atoms with van der Waals surface area (Å²) in [5.74, 6) is -0.498. The van der Waals surface area contributed by atoms with Gasteiger partial charge in [0.2, 0.25) is 5.91 Å². The van der Waals surface area contributed by atoms with Gasteiger partial charge in [0.05, 0.1) is 12.5 Å². The van der Waals surface area contributed by atoms with E-state index in [9.17, 15) is 15.0 Å². The molecule has 1 amide bonds. The van der Waals surface area contributed by atoms with Gasteiger partial charge in [0, 0.05) is 11.4 Å². The summed E-state index contributed by atoms with van der Waals surface area (Å²) in [4.78, 5) is 14.1. The van der Waals surface area contributed by atoms with E-state index in [4.69, 9.17) is 0 Å². The SMILES string of the molecule is C=C(C)C.Cc1cc(N(C(=O)C(C)CO)c2ccccc2)ccc1O. The number of phenolic OH excluding ortho intramolecular Hbond substituents is 1. The molecule has 4 nitrogen and oxygen atoms in total. The minimum atomic E-state index is -0.501. The van der Waals surface area contributed by atoms with E-state index in [1.165, 1.54) is 5.57 Å². The first-order chi connectivity index (χ1) is 11.8. The van der Waals surface area contributed by atoms with Crippen LogP contribution < -0.4 is 4.90 Å². The van der Waals surface area contributed by atoms with Crippen molar-refractivity contribution in [1.29, 1.82) is 0 Å². The number of hydrogen-bond donors (Lipinski definition) is 2. The maximum atomic E-state index is 12.6. The monoisotopic (exact) mass is 341 g/mol. The largest absolute Gasteiger partial charge is 0.508 e. The Balaban J connectivity index is 0.000000705. The van der Waals surface area contributed by atoms with Crippen LogP contribution in [-0.2, 0) is 4.79 Å². The van der Waals surface area contributed by atoms with Crippen molar-refractivity contribution in [1.82, 2.24) is 0 Å². The molecule has 0 aromatic heterocycles. The predicted octanol–water partition coefficient (Wildman–Crippen LogP) is 4.58. The molecule has 0 aliphatic heterocycles. The average molecular weight is 341 g/mol. The normalized spacial score (nSPS) is 11.1. The van der Waals surface area contributed by atoms with E-state index in [0.717, 1.165) is 5.69 Å². The van der Waals surface area contributed by atoms with Gasteiger partial charge in [0.15, 0.2) is 0 Å². The lowest BCUT2D eigenvalue weighted by atomic mass is 10.1. The Bertz CT molecular complexity index is 706. The van der Waals surface area contributed by atoms with Gasteiger partial charge in [-0.05, 0) is 56.7 Å². The van der Waals surface area contributed by atoms with Crippen molar-refractivity contribution in [3.8, 4) is 5.75 Å². The molecule has 0 radical (unpaired) electrons. The molecule has 4 heteroatoms. The Labute approximate surface area is 150 Å². The van der Waals surface area contributed by atoms with Crippen LogP contribution in [-0.4, -0.2) is 22.7 Å². The van der Waals surface area contributed by atoms with E-state index in [0.29, 0.717) is 11.3 Å². The van der Waals surface area contributed by atoms with E-state index in [1.54, 1.807) is 36.9 Å². The van der Waals surface area contributed by atoms with Crippen molar-refractivity contribution in [3.05, 3.63) is 66.2 Å². The highest BCUT2D eigenvalue weighted by Gasteiger charge is 2.23. The summed E-state index contributed by atoms with van der Waals surface area (Å²) in [6.45, 7) is 10.8. The van der Waals surface area contributed by atoms with Gasteiger partial charge >= 0.3 is 0 Å². The molecular weight excluding hydrogens is 314 g/mol. The van der Waals surface area contributed by atoms with Crippen LogP contribution in [0.25, 0.3) is 0 Å². The molecule has 0 saturated heterocycles. The second-order valence-corrected chi connectivity index (χ2v) is 6.27. The molecule has 25 heavy (non-hydrogen) atoms. The fraction of sp³-hybridized carbons (Fsp3) is 0.286. The quantitative estimate of drug-likeness (QED) is 0.801. The number of anilines is 2. The summed E-state index contributed by atoms with van der Waals surface area (Å²) < 4.78 is 0. The molecule has 0 bridgehead atoms. The summed E-state index contributed by atoms with van der Waals surface area (Å²) in [6, 6.07) is 14.3. The first kappa shape index (κ1) is 20.5. The van der Waals surface area contributed by atoms with Crippen LogP contribution in [0.5, 0.6) is 5.75 Å². The number of aryl methyl sites for hydroxylation is 1. The highest BCUT2D eigenvalue weighted by Crippen LogP contribution is 2.30. The third-order valence-electron chi connectivity index (χ3n) is 3.37. The Kier molecular flexibility index (Phi) is 7.89. The molecule has 0 spiro atoms. The summed E-state index contributed by atoms with van der Waals surface area (Å²) in [5.41, 5.74) is 3.26. The molecule has 1 atom stereocenters. The average Bonchev–Trinajstić information content (AvgIpc) is 2.58. The van der Waals surface area contributed by atoms with Crippen molar-refractivity contribution in [2.75, 3.05) is 11.5 Å². The number of carbonyl (C=O) groups excluding carboxylic acids is 1. The first-order valence-electron chi connectivity index (χ1n) is 8.19. The first-order valence-corrected chi connectivity index (χ1v) is 8.19. The molecule has 0 fully saturated rings. The topological polar surface area (TPSA) is 60.8 Å². The molecular formula is C21H27NO3. The lowest BCUT2D eigenvalue weighted by Gasteiger charge is -2.26. The van der Waals surface area contributed by atoms with Crippen molar-refractivity contribution >= 4 is 17.3 Å². The minimum absolute atomic E-state index is 0.186. The zero-order chi connectivity index (χ0) is 19.0. The summed E-state index contributed by atoms with van der Waals surface area (Å²) in [5, 5.41) is 18.9. The van der Waals surface area contributed by atoms with Gasteiger partial charge in [-0.2, -0.15) is 0 Å². The van der Waals surface area contributed by atoms with Gasteiger partial charge in [0.25, 0.3) is 0 Å². The van der Waals surface area contributed by atoms with Crippen LogP contribution in [0, 0.1) is 12.8 Å². The second-order valence-electron chi connectivity index (χ2n) is 6.27. The number of aliphatic hydroxyl groups excluding tert-OH is 1. The van der Waals surface area contributed by atoms with E-state index in [-0.39, 0.29) is 18.3 Å². The molecule has 2 rings (SSSR count). The van der Waals surface area contributed by atoms with Gasteiger partial charge in [-0.25, -0.2) is 0 Å². The zero-order valence-electron chi connectivity index (χ0n) is 15.4. The summed E-state index contributed by atoms with van der Waals surface area (Å²) in [7, 11) is 0. The van der Waals surface area contributed by atoms with E-state index < -0.39 is 5.92 Å². The van der Waals surface area contributed by atoms with E-state index in [1.807, 2.05) is 44.2 Å². The lowest BCUT2D eigenvalue weighted by molar-refractivity contribution is -0.122. The molecule has 1 unspecified atom stereocenters. The van der Waals surface area contributed by atoms with Crippen LogP contribution in [0.4, 0.5) is 11.4 Å². The number of carbonyl (C=O) groups is 1. The van der Waals surface area contributed by atoms with Crippen LogP contribution in [0.2, 0.25) is 0 Å². The fourth-order valence-electron chi connectivity index (χ4n) is 2.06. The lowest BCUT2D eigenvalue weighted by Crippen LogP contribution is -2.32. The van der Waals surface area contributed by atoms with Crippen LogP contribution in [0.15, 0.2) is 60.7 Å². The molecule has 0 heterocycles. The Morgan fingerprint density at radius 1 is 1.12 bits per heavy atom. The molecule has 134 valence electrons. The molecule has 0 saturated carbocycles. The van der Waals surface area contributed by atoms with Gasteiger partial charge < -0.3 is 10.2 Å². The highest BCUT2D eigenvalue weighted by molar-refractivity contribution is 6.01. The summed E-state index contributed by atoms with van der Waals surface area (Å²) >= 11 is 0. The zero-order valence-corrected chi connectivity index (χ0v) is 15.4. The summed E-state index contributed by atoms with van der Waals surface area (Å²) in [6.07, 6.45) is 0.